The Morgan fingerprint density at radius 1 is 1.00 bits per heavy atom. The van der Waals surface area contributed by atoms with Crippen molar-refractivity contribution in [3.05, 3.63) is 6.66 Å². The van der Waals surface area contributed by atoms with Gasteiger partial charge >= 0.3 is 0 Å². The molecule has 1 aliphatic rings. The minimum Gasteiger partial charge on any atom is -0.394 e. The molecule has 1 unspecified atom stereocenters. The molecular formula is C22H43NO8P-. The summed E-state index contributed by atoms with van der Waals surface area (Å²) in [4.78, 5) is 25.1. The lowest BCUT2D eigenvalue weighted by atomic mass is 10.1. The van der Waals surface area contributed by atoms with Crippen LogP contribution in [-0.2, 0) is 18.7 Å². The molecule has 3 atom stereocenters. The minimum absolute atomic E-state index is 0.00847. The van der Waals surface area contributed by atoms with E-state index in [0.717, 1.165) is 38.5 Å². The molecule has 0 radical (unpaired) electrons. The van der Waals surface area contributed by atoms with Crippen LogP contribution in [0.15, 0.2) is 0 Å². The molecule has 10 heteroatoms. The summed E-state index contributed by atoms with van der Waals surface area (Å²) < 4.78 is 17.3. The highest BCUT2D eigenvalue weighted by Gasteiger charge is 2.34. The van der Waals surface area contributed by atoms with Gasteiger partial charge in [0.15, 0.2) is 0 Å². The van der Waals surface area contributed by atoms with Gasteiger partial charge in [-0.1, -0.05) is 25.7 Å². The molecule has 1 heterocycles. The first-order valence-electron chi connectivity index (χ1n) is 11.5. The summed E-state index contributed by atoms with van der Waals surface area (Å²) in [6, 6.07) is -0.137. The molecule has 0 spiro atoms. The number of aliphatic hydroxyl groups is 4. The van der Waals surface area contributed by atoms with Gasteiger partial charge in [-0.2, -0.15) is 0 Å². The number of β-amino-alcohol motifs (C(OH)–C–C–N with tert-alkyl or cyclic N) is 1. The van der Waals surface area contributed by atoms with Crippen LogP contribution in [0.1, 0.15) is 71.1 Å². The maximum Gasteiger partial charge on any atom is 0.222 e. The van der Waals surface area contributed by atoms with Gasteiger partial charge in [0.05, 0.1) is 39.9 Å². The first-order valence-corrected chi connectivity index (χ1v) is 13.5. The summed E-state index contributed by atoms with van der Waals surface area (Å²) in [6.07, 6.45) is 7.70. The van der Waals surface area contributed by atoms with Crippen LogP contribution in [-0.4, -0.2) is 88.3 Å². The maximum absolute atomic E-state index is 12.5. The van der Waals surface area contributed by atoms with Crippen molar-refractivity contribution in [3.63, 3.8) is 0 Å². The van der Waals surface area contributed by atoms with Crippen molar-refractivity contribution < 1.29 is 39.1 Å². The Balaban J connectivity index is 0.00000220. The topological polar surface area (TPSA) is 145 Å². The highest BCUT2D eigenvalue weighted by molar-refractivity contribution is 7.60. The number of aliphatic hydroxyl groups excluding tert-OH is 4. The van der Waals surface area contributed by atoms with Crippen molar-refractivity contribution in [2.24, 2.45) is 0 Å². The number of Topliss-reactive ketones (excluding diaryl/α,β-unsaturated/α-hetero) is 1. The number of rotatable bonds is 16. The van der Waals surface area contributed by atoms with Crippen LogP contribution < -0.4 is 0 Å². The minimum atomic E-state index is -3.03. The van der Waals surface area contributed by atoms with Crippen molar-refractivity contribution in [2.45, 2.75) is 83.3 Å². The van der Waals surface area contributed by atoms with Crippen LogP contribution in [0.4, 0.5) is 0 Å². The Morgan fingerprint density at radius 2 is 1.56 bits per heavy atom. The normalized spacial score (nSPS) is 19.9. The zero-order valence-electron chi connectivity index (χ0n) is 19.5. The second-order valence-electron chi connectivity index (χ2n) is 8.24. The molecule has 0 saturated carbocycles. The molecule has 1 saturated heterocycles. The SMILES string of the molecule is OCCO.[CH2-]P(=O)(CC[C@@H]1C[C@H](O)CN1C(=O)CCCCCCCCC(C)=O)OCCO. The van der Waals surface area contributed by atoms with Gasteiger partial charge in [-0.05, 0) is 38.8 Å². The van der Waals surface area contributed by atoms with E-state index in [2.05, 4.69) is 6.66 Å². The Labute approximate surface area is 192 Å². The Morgan fingerprint density at radius 3 is 2.09 bits per heavy atom. The third kappa shape index (κ3) is 15.9. The third-order valence-corrected chi connectivity index (χ3v) is 6.80. The van der Waals surface area contributed by atoms with Gasteiger partial charge in [0, 0.05) is 25.4 Å². The average molecular weight is 481 g/mol. The van der Waals surface area contributed by atoms with Crippen molar-refractivity contribution >= 4 is 19.1 Å². The zero-order valence-corrected chi connectivity index (χ0v) is 20.4. The van der Waals surface area contributed by atoms with Crippen LogP contribution in [0.25, 0.3) is 0 Å². The van der Waals surface area contributed by atoms with Crippen LogP contribution >= 0.6 is 7.37 Å². The van der Waals surface area contributed by atoms with Crippen LogP contribution in [0.2, 0.25) is 0 Å². The summed E-state index contributed by atoms with van der Waals surface area (Å²) >= 11 is 0. The number of amides is 1. The van der Waals surface area contributed by atoms with E-state index in [9.17, 15) is 19.3 Å². The fraction of sp³-hybridized carbons (Fsp3) is 0.864. The summed E-state index contributed by atoms with van der Waals surface area (Å²) in [7, 11) is -3.03. The molecule has 0 aromatic rings. The number of likely N-dealkylation sites (tertiary alicyclic amines) is 1. The van der Waals surface area contributed by atoms with Crippen LogP contribution in [0.5, 0.6) is 0 Å². The lowest BCUT2D eigenvalue weighted by molar-refractivity contribution is -0.132. The standard InChI is InChI=1S/C20H37NO6P.C2H6O2/c1-17(23)9-7-5-3-4-6-8-10-20(25)21-16-19(24)15-18(21)11-14-28(2,26)27-13-12-22;3-1-2-4/h18-19,22,24H,2-16H2,1H3;3-4H,1-2H2/q-1;/t18-,19+,28?;/m1./s1. The maximum atomic E-state index is 12.5. The van der Waals surface area contributed by atoms with Gasteiger partial charge in [-0.3, -0.25) is 11.5 Å². The fourth-order valence-corrected chi connectivity index (χ4v) is 4.82. The van der Waals surface area contributed by atoms with E-state index in [0.29, 0.717) is 32.2 Å². The molecule has 4 N–H and O–H groups in total. The number of hydrogen-bond acceptors (Lipinski definition) is 8. The largest absolute Gasteiger partial charge is 0.394 e. The second kappa shape index (κ2) is 18.6. The van der Waals surface area contributed by atoms with Gasteiger partial charge in [0.25, 0.3) is 0 Å². The molecule has 0 aliphatic carbocycles. The highest BCUT2D eigenvalue weighted by atomic mass is 31.2. The first kappa shape index (κ1) is 31.2. The van der Waals surface area contributed by atoms with Gasteiger partial charge in [-0.25, -0.2) is 0 Å². The van der Waals surface area contributed by atoms with Gasteiger partial charge in [0.2, 0.25) is 5.91 Å². The number of unbranched alkanes of at least 4 members (excludes halogenated alkanes) is 5. The number of hydrogen-bond donors (Lipinski definition) is 4. The zero-order chi connectivity index (χ0) is 24.4. The van der Waals surface area contributed by atoms with E-state index in [-0.39, 0.29) is 50.3 Å². The number of carbonyl (C=O) groups is 2. The molecule has 0 aromatic heterocycles. The van der Waals surface area contributed by atoms with E-state index in [1.54, 1.807) is 11.8 Å². The molecule has 9 nitrogen and oxygen atoms in total. The van der Waals surface area contributed by atoms with E-state index in [1.807, 2.05) is 0 Å². The monoisotopic (exact) mass is 480 g/mol. The molecule has 1 rings (SSSR count). The Hall–Kier alpha value is -0.830. The van der Waals surface area contributed by atoms with Crippen molar-refractivity contribution in [1.29, 1.82) is 0 Å². The third-order valence-electron chi connectivity index (χ3n) is 5.20. The summed E-state index contributed by atoms with van der Waals surface area (Å²) in [5, 5.41) is 34.0. The van der Waals surface area contributed by atoms with Gasteiger partial charge in [0.1, 0.15) is 5.78 Å². The second-order valence-corrected chi connectivity index (χ2v) is 10.6. The Bertz CT molecular complexity index is 558. The molecule has 0 aromatic carbocycles. The van der Waals surface area contributed by atoms with Crippen molar-refractivity contribution in [2.75, 3.05) is 39.1 Å². The Kier molecular flexibility index (Phi) is 18.1. The van der Waals surface area contributed by atoms with E-state index < -0.39 is 13.5 Å². The fourth-order valence-electron chi connectivity index (χ4n) is 3.59. The molecule has 1 amide bonds. The smallest absolute Gasteiger partial charge is 0.222 e. The van der Waals surface area contributed by atoms with E-state index in [1.165, 1.54) is 0 Å². The van der Waals surface area contributed by atoms with E-state index >= 15 is 0 Å². The first-order chi connectivity index (χ1) is 15.2. The predicted molar refractivity (Wildman–Crippen MR) is 123 cm³/mol. The van der Waals surface area contributed by atoms with Gasteiger partial charge < -0.3 is 39.2 Å². The number of ketones is 1. The van der Waals surface area contributed by atoms with Gasteiger partial charge in [-0.15, -0.1) is 0 Å². The van der Waals surface area contributed by atoms with Crippen molar-refractivity contribution in [3.8, 4) is 0 Å². The van der Waals surface area contributed by atoms with Crippen LogP contribution in [0.3, 0.4) is 0 Å². The lowest BCUT2D eigenvalue weighted by Gasteiger charge is -2.27. The summed E-state index contributed by atoms with van der Waals surface area (Å²) in [5.74, 6) is 0.274. The quantitative estimate of drug-likeness (QED) is 0.149. The summed E-state index contributed by atoms with van der Waals surface area (Å²) in [6.45, 7) is 5.08. The molecule has 190 valence electrons. The van der Waals surface area contributed by atoms with Crippen LogP contribution in [0, 0.1) is 6.66 Å². The highest BCUT2D eigenvalue weighted by Crippen LogP contribution is 2.46. The average Bonchev–Trinajstić information content (AvgIpc) is 3.13. The molecular weight excluding hydrogens is 437 g/mol. The predicted octanol–water partition coefficient (Wildman–Crippen LogP) is 2.10. The molecule has 32 heavy (non-hydrogen) atoms. The van der Waals surface area contributed by atoms with Crippen molar-refractivity contribution in [1.82, 2.24) is 4.90 Å². The molecule has 1 aliphatic heterocycles. The number of carbonyl (C=O) groups excluding carboxylic acids is 2. The lowest BCUT2D eigenvalue weighted by Crippen LogP contribution is -2.36. The molecule has 1 fully saturated rings. The van der Waals surface area contributed by atoms with E-state index in [4.69, 9.17) is 19.8 Å². The molecule has 0 bridgehead atoms. The number of nitrogens with zero attached hydrogens (tertiary/aromatic N) is 1. The summed E-state index contributed by atoms with van der Waals surface area (Å²) in [5.41, 5.74) is 0.